The molecule has 0 aromatic heterocycles. The summed E-state index contributed by atoms with van der Waals surface area (Å²) in [7, 11) is 0. The van der Waals surface area contributed by atoms with Gasteiger partial charge < -0.3 is 4.74 Å². The minimum absolute atomic E-state index is 0. The van der Waals surface area contributed by atoms with Crippen LogP contribution in [-0.2, 0) is 4.74 Å². The van der Waals surface area contributed by atoms with Crippen LogP contribution in [-0.4, -0.2) is 12.5 Å². The maximum atomic E-state index is 13.0. The van der Waals surface area contributed by atoms with Crippen molar-refractivity contribution in [2.75, 3.05) is 6.61 Å². The zero-order chi connectivity index (χ0) is 9.84. The normalized spacial score (nSPS) is 9.07. The number of hydrogen-bond acceptors (Lipinski definition) is 2. The average molecular weight is 222 g/mol. The Morgan fingerprint density at radius 3 is 2.64 bits per heavy atom. The van der Waals surface area contributed by atoms with E-state index >= 15 is 0 Å². The number of rotatable bonds is 2. The molecule has 0 bridgehead atoms. The van der Waals surface area contributed by atoms with Crippen molar-refractivity contribution < 1.29 is 13.5 Å². The van der Waals surface area contributed by atoms with E-state index in [4.69, 9.17) is 10.1 Å². The Labute approximate surface area is 86.8 Å². The van der Waals surface area contributed by atoms with Crippen molar-refractivity contribution in [3.63, 3.8) is 0 Å². The summed E-state index contributed by atoms with van der Waals surface area (Å²) in [6.07, 6.45) is 0. The summed E-state index contributed by atoms with van der Waals surface area (Å²) in [5.41, 5.74) is -0.151. The van der Waals surface area contributed by atoms with Gasteiger partial charge in [0, 0.05) is 0 Å². The molecule has 1 aromatic carbocycles. The molecule has 1 N–H and O–H groups in total. The largest absolute Gasteiger partial charge is 0.478 e. The lowest BCUT2D eigenvalue weighted by molar-refractivity contribution is 0.323. The van der Waals surface area contributed by atoms with Gasteiger partial charge in [-0.15, -0.1) is 12.4 Å². The number of hydrogen-bond donors (Lipinski definition) is 1. The molecule has 0 amide bonds. The van der Waals surface area contributed by atoms with Crippen LogP contribution < -0.4 is 0 Å². The minimum Gasteiger partial charge on any atom is -0.478 e. The summed E-state index contributed by atoms with van der Waals surface area (Å²) in [6.45, 7) is 1.93. The van der Waals surface area contributed by atoms with Crippen LogP contribution in [0.2, 0.25) is 0 Å². The molecule has 0 atom stereocenters. The zero-order valence-electron chi connectivity index (χ0n) is 7.51. The Hall–Kier alpha value is -1.16. The third-order valence-corrected chi connectivity index (χ3v) is 1.48. The van der Waals surface area contributed by atoms with Crippen molar-refractivity contribution in [2.24, 2.45) is 0 Å². The predicted molar refractivity (Wildman–Crippen MR) is 52.1 cm³/mol. The van der Waals surface area contributed by atoms with Gasteiger partial charge in [0.1, 0.15) is 0 Å². The summed E-state index contributed by atoms with van der Waals surface area (Å²) in [4.78, 5) is 0. The van der Waals surface area contributed by atoms with Gasteiger partial charge in [-0.1, -0.05) is 6.07 Å². The van der Waals surface area contributed by atoms with Crippen LogP contribution in [0, 0.1) is 17.0 Å². The first-order chi connectivity index (χ1) is 6.16. The van der Waals surface area contributed by atoms with Gasteiger partial charge >= 0.3 is 0 Å². The lowest BCUT2D eigenvalue weighted by atomic mass is 10.2. The second-order valence-corrected chi connectivity index (χ2v) is 2.36. The highest BCUT2D eigenvalue weighted by atomic mass is 35.5. The molecule has 2 nitrogen and oxygen atoms in total. The molecule has 0 aliphatic heterocycles. The SMILES string of the molecule is CCOC(=N)c1cccc(F)c1F.Cl. The molecular formula is C9H10ClF2NO. The molecule has 5 heteroatoms. The summed E-state index contributed by atoms with van der Waals surface area (Å²) >= 11 is 0. The van der Waals surface area contributed by atoms with Gasteiger partial charge in [0.2, 0.25) is 5.90 Å². The molecule has 0 radical (unpaired) electrons. The number of halogens is 3. The van der Waals surface area contributed by atoms with Gasteiger partial charge in [0.15, 0.2) is 11.6 Å². The summed E-state index contributed by atoms with van der Waals surface area (Å²) < 4.78 is 30.4. The third kappa shape index (κ3) is 2.67. The van der Waals surface area contributed by atoms with Crippen molar-refractivity contribution in [2.45, 2.75) is 6.92 Å². The molecule has 0 fully saturated rings. The molecule has 1 rings (SSSR count). The molecule has 0 saturated heterocycles. The second-order valence-electron chi connectivity index (χ2n) is 2.36. The van der Waals surface area contributed by atoms with Gasteiger partial charge in [0.05, 0.1) is 12.2 Å². The van der Waals surface area contributed by atoms with Crippen molar-refractivity contribution in [1.29, 1.82) is 5.41 Å². The van der Waals surface area contributed by atoms with Crippen LogP contribution in [0.1, 0.15) is 12.5 Å². The van der Waals surface area contributed by atoms with Crippen LogP contribution in [0.3, 0.4) is 0 Å². The molecule has 0 unspecified atom stereocenters. The molecule has 0 aliphatic rings. The summed E-state index contributed by atoms with van der Waals surface area (Å²) in [6, 6.07) is 3.63. The Bertz CT molecular complexity index is 331. The van der Waals surface area contributed by atoms with Crippen LogP contribution in [0.4, 0.5) is 8.78 Å². The molecule has 0 saturated carbocycles. The highest BCUT2D eigenvalue weighted by Crippen LogP contribution is 2.12. The monoisotopic (exact) mass is 221 g/mol. The lowest BCUT2D eigenvalue weighted by Crippen LogP contribution is -2.08. The van der Waals surface area contributed by atoms with E-state index in [9.17, 15) is 8.78 Å². The summed E-state index contributed by atoms with van der Waals surface area (Å²) in [5, 5.41) is 7.24. The van der Waals surface area contributed by atoms with Crippen LogP contribution in [0.15, 0.2) is 18.2 Å². The summed E-state index contributed by atoms with van der Waals surface area (Å²) in [5.74, 6) is -2.36. The maximum Gasteiger partial charge on any atom is 0.216 e. The molecule has 0 aliphatic carbocycles. The van der Waals surface area contributed by atoms with Gasteiger partial charge in [-0.05, 0) is 19.1 Å². The Morgan fingerprint density at radius 2 is 2.07 bits per heavy atom. The zero-order valence-corrected chi connectivity index (χ0v) is 8.33. The van der Waals surface area contributed by atoms with Crippen LogP contribution in [0.25, 0.3) is 0 Å². The van der Waals surface area contributed by atoms with Gasteiger partial charge in [-0.3, -0.25) is 5.41 Å². The molecule has 0 spiro atoms. The van der Waals surface area contributed by atoms with E-state index in [1.807, 2.05) is 0 Å². The highest BCUT2D eigenvalue weighted by molar-refractivity contribution is 5.91. The van der Waals surface area contributed by atoms with Gasteiger partial charge in [0.25, 0.3) is 0 Å². The number of nitrogens with one attached hydrogen (secondary N) is 1. The van der Waals surface area contributed by atoms with Gasteiger partial charge in [-0.2, -0.15) is 0 Å². The van der Waals surface area contributed by atoms with E-state index in [1.165, 1.54) is 12.1 Å². The highest BCUT2D eigenvalue weighted by Gasteiger charge is 2.12. The van der Waals surface area contributed by atoms with E-state index in [-0.39, 0.29) is 30.5 Å². The standard InChI is InChI=1S/C9H9F2NO.ClH/c1-2-13-9(12)6-4-3-5-7(10)8(6)11;/h3-5,12H,2H2,1H3;1H. The Kier molecular flexibility index (Phi) is 5.09. The molecular weight excluding hydrogens is 212 g/mol. The van der Waals surface area contributed by atoms with Crippen LogP contribution >= 0.6 is 12.4 Å². The minimum atomic E-state index is -1.04. The molecule has 78 valence electrons. The predicted octanol–water partition coefficient (Wildman–Crippen LogP) is 2.75. The number of ether oxygens (including phenoxy) is 1. The smallest absolute Gasteiger partial charge is 0.216 e. The van der Waals surface area contributed by atoms with Crippen molar-refractivity contribution >= 4 is 18.3 Å². The fourth-order valence-electron chi connectivity index (χ4n) is 0.901. The second kappa shape index (κ2) is 5.54. The third-order valence-electron chi connectivity index (χ3n) is 1.48. The quantitative estimate of drug-likeness (QED) is 0.605. The van der Waals surface area contributed by atoms with E-state index < -0.39 is 11.6 Å². The fourth-order valence-corrected chi connectivity index (χ4v) is 0.901. The maximum absolute atomic E-state index is 13.0. The van der Waals surface area contributed by atoms with E-state index in [0.29, 0.717) is 0 Å². The molecule has 1 aromatic rings. The van der Waals surface area contributed by atoms with Crippen molar-refractivity contribution in [3.8, 4) is 0 Å². The first kappa shape index (κ1) is 12.8. The fraction of sp³-hybridized carbons (Fsp3) is 0.222. The Balaban J connectivity index is 0.00000169. The molecule has 14 heavy (non-hydrogen) atoms. The van der Waals surface area contributed by atoms with Gasteiger partial charge in [-0.25, -0.2) is 8.78 Å². The van der Waals surface area contributed by atoms with Crippen LogP contribution in [0.5, 0.6) is 0 Å². The van der Waals surface area contributed by atoms with E-state index in [2.05, 4.69) is 0 Å². The molecule has 0 heterocycles. The van der Waals surface area contributed by atoms with Crippen molar-refractivity contribution in [1.82, 2.24) is 0 Å². The first-order valence-electron chi connectivity index (χ1n) is 3.82. The van der Waals surface area contributed by atoms with Crippen molar-refractivity contribution in [3.05, 3.63) is 35.4 Å². The average Bonchev–Trinajstić information content (AvgIpc) is 2.10. The first-order valence-corrected chi connectivity index (χ1v) is 3.82. The number of benzene rings is 1. The Morgan fingerprint density at radius 1 is 1.43 bits per heavy atom. The van der Waals surface area contributed by atoms with E-state index in [0.717, 1.165) is 6.07 Å². The van der Waals surface area contributed by atoms with E-state index in [1.54, 1.807) is 6.92 Å². The lowest BCUT2D eigenvalue weighted by Gasteiger charge is -2.05. The topological polar surface area (TPSA) is 33.1 Å².